The number of aliphatic imine (C=N–C) groups is 1. The van der Waals surface area contributed by atoms with E-state index in [1.165, 1.54) is 38.5 Å². The Kier molecular flexibility index (Phi) is 4.64. The van der Waals surface area contributed by atoms with Crippen molar-refractivity contribution in [2.45, 2.75) is 52.0 Å². The fraction of sp³-hybridized carbons (Fsp3) is 0.812. The van der Waals surface area contributed by atoms with Gasteiger partial charge in [-0.1, -0.05) is 19.3 Å². The fourth-order valence-electron chi connectivity index (χ4n) is 3.86. The topological polar surface area (TPSA) is 58.3 Å². The average Bonchev–Trinajstić information content (AvgIpc) is 3.12. The maximum atomic E-state index is 4.78. The van der Waals surface area contributed by atoms with Crippen molar-refractivity contribution in [2.75, 3.05) is 19.6 Å². The third-order valence-electron chi connectivity index (χ3n) is 5.16. The molecule has 0 atom stereocenters. The zero-order valence-corrected chi connectivity index (χ0v) is 13.9. The van der Waals surface area contributed by atoms with Crippen LogP contribution in [0.1, 0.15) is 51.3 Å². The maximum absolute atomic E-state index is 4.78. The van der Waals surface area contributed by atoms with Gasteiger partial charge in [0.1, 0.15) is 18.7 Å². The van der Waals surface area contributed by atoms with E-state index in [1.807, 2.05) is 7.05 Å². The van der Waals surface area contributed by atoms with Crippen LogP contribution in [0.4, 0.5) is 0 Å². The van der Waals surface area contributed by atoms with E-state index in [0.29, 0.717) is 12.0 Å². The van der Waals surface area contributed by atoms with Gasteiger partial charge in [0.25, 0.3) is 0 Å². The number of aromatic nitrogens is 3. The quantitative estimate of drug-likeness (QED) is 0.685. The number of guanidine groups is 1. The number of nitrogens with zero attached hydrogens (tertiary/aromatic N) is 5. The lowest BCUT2D eigenvalue weighted by molar-refractivity contribution is 0.203. The lowest BCUT2D eigenvalue weighted by Gasteiger charge is -2.33. The summed E-state index contributed by atoms with van der Waals surface area (Å²) in [5.74, 6) is 1.94. The molecule has 6 heteroatoms. The van der Waals surface area contributed by atoms with Crippen LogP contribution < -0.4 is 5.32 Å². The van der Waals surface area contributed by atoms with Crippen LogP contribution in [0, 0.1) is 5.41 Å². The molecule has 1 aromatic heterocycles. The van der Waals surface area contributed by atoms with Crippen LogP contribution in [0.2, 0.25) is 0 Å². The molecule has 22 heavy (non-hydrogen) atoms. The molecule has 122 valence electrons. The maximum Gasteiger partial charge on any atom is 0.194 e. The van der Waals surface area contributed by atoms with E-state index in [-0.39, 0.29) is 0 Å². The molecule has 2 aliphatic rings. The molecule has 1 saturated carbocycles. The molecule has 3 rings (SSSR count). The molecule has 0 radical (unpaired) electrons. The lowest BCUT2D eigenvalue weighted by Crippen LogP contribution is -2.41. The molecule has 0 aromatic carbocycles. The van der Waals surface area contributed by atoms with Gasteiger partial charge in [-0.15, -0.1) is 0 Å². The molecular formula is C16H28N6. The number of aryl methyl sites for hydroxylation is 1. The number of rotatable bonds is 3. The van der Waals surface area contributed by atoms with Crippen molar-refractivity contribution in [3.05, 3.63) is 12.2 Å². The second kappa shape index (κ2) is 6.67. The first kappa shape index (κ1) is 15.3. The Morgan fingerprint density at radius 3 is 2.82 bits per heavy atom. The number of hydrogen-bond donors (Lipinski definition) is 1. The van der Waals surface area contributed by atoms with Crippen molar-refractivity contribution in [2.24, 2.45) is 17.5 Å². The highest BCUT2D eigenvalue weighted by atomic mass is 15.3. The molecule has 1 aliphatic heterocycles. The summed E-state index contributed by atoms with van der Waals surface area (Å²) in [5.41, 5.74) is 0.555. The van der Waals surface area contributed by atoms with Gasteiger partial charge in [0.05, 0.1) is 0 Å². The minimum atomic E-state index is 0.555. The normalized spacial score (nSPS) is 21.5. The summed E-state index contributed by atoms with van der Waals surface area (Å²) in [4.78, 5) is 11.5. The molecule has 0 amide bonds. The van der Waals surface area contributed by atoms with Gasteiger partial charge in [-0.3, -0.25) is 4.68 Å². The van der Waals surface area contributed by atoms with Crippen molar-refractivity contribution in [3.8, 4) is 0 Å². The molecule has 1 aromatic rings. The van der Waals surface area contributed by atoms with Crippen molar-refractivity contribution in [1.29, 1.82) is 0 Å². The Balaban J connectivity index is 1.67. The Labute approximate surface area is 133 Å². The van der Waals surface area contributed by atoms with Gasteiger partial charge in [-0.05, 0) is 31.6 Å². The van der Waals surface area contributed by atoms with Crippen molar-refractivity contribution in [3.63, 3.8) is 0 Å². The standard InChI is InChI=1S/C16H28N6/c1-3-17-15(18-11-14-19-13-20-21(14)2)22-10-9-16(12-22)7-5-4-6-8-16/h13H,3-12H2,1-2H3,(H,17,18). The van der Waals surface area contributed by atoms with Gasteiger partial charge < -0.3 is 10.2 Å². The summed E-state index contributed by atoms with van der Waals surface area (Å²) in [5, 5.41) is 7.56. The predicted octanol–water partition coefficient (Wildman–Crippen LogP) is 1.94. The van der Waals surface area contributed by atoms with E-state index in [9.17, 15) is 0 Å². The van der Waals surface area contributed by atoms with E-state index < -0.39 is 0 Å². The van der Waals surface area contributed by atoms with Crippen LogP contribution in [0.3, 0.4) is 0 Å². The minimum absolute atomic E-state index is 0.555. The summed E-state index contributed by atoms with van der Waals surface area (Å²) < 4.78 is 1.79. The SMILES string of the molecule is CCNC(=NCc1ncnn1C)N1CCC2(CCCCC2)C1. The fourth-order valence-corrected chi connectivity index (χ4v) is 3.86. The number of hydrogen-bond acceptors (Lipinski definition) is 3. The van der Waals surface area contributed by atoms with Gasteiger partial charge in [0, 0.05) is 26.7 Å². The smallest absolute Gasteiger partial charge is 0.194 e. The van der Waals surface area contributed by atoms with Crippen molar-refractivity contribution >= 4 is 5.96 Å². The first-order chi connectivity index (χ1) is 10.7. The van der Waals surface area contributed by atoms with Crippen LogP contribution in [0.5, 0.6) is 0 Å². The summed E-state index contributed by atoms with van der Waals surface area (Å²) in [6.45, 7) is 5.91. The molecule has 1 saturated heterocycles. The Morgan fingerprint density at radius 2 is 2.14 bits per heavy atom. The van der Waals surface area contributed by atoms with Crippen LogP contribution in [-0.2, 0) is 13.6 Å². The number of likely N-dealkylation sites (tertiary alicyclic amines) is 1. The van der Waals surface area contributed by atoms with Gasteiger partial charge in [0.15, 0.2) is 5.96 Å². The van der Waals surface area contributed by atoms with Crippen LogP contribution in [-0.4, -0.2) is 45.3 Å². The highest BCUT2D eigenvalue weighted by Crippen LogP contribution is 2.43. The second-order valence-electron chi connectivity index (χ2n) is 6.70. The number of nitrogens with one attached hydrogen (secondary N) is 1. The monoisotopic (exact) mass is 304 g/mol. The minimum Gasteiger partial charge on any atom is -0.357 e. The van der Waals surface area contributed by atoms with Crippen LogP contribution in [0.25, 0.3) is 0 Å². The summed E-state index contributed by atoms with van der Waals surface area (Å²) >= 11 is 0. The molecule has 1 N–H and O–H groups in total. The molecule has 1 aliphatic carbocycles. The summed E-state index contributed by atoms with van der Waals surface area (Å²) in [6, 6.07) is 0. The van der Waals surface area contributed by atoms with Crippen LogP contribution >= 0.6 is 0 Å². The van der Waals surface area contributed by atoms with E-state index in [1.54, 1.807) is 11.0 Å². The Bertz CT molecular complexity index is 514. The third kappa shape index (κ3) is 3.25. The highest BCUT2D eigenvalue weighted by Gasteiger charge is 2.39. The molecule has 0 bridgehead atoms. The van der Waals surface area contributed by atoms with E-state index in [4.69, 9.17) is 4.99 Å². The zero-order valence-electron chi connectivity index (χ0n) is 13.9. The highest BCUT2D eigenvalue weighted by molar-refractivity contribution is 5.80. The van der Waals surface area contributed by atoms with E-state index >= 15 is 0 Å². The predicted molar refractivity (Wildman–Crippen MR) is 87.5 cm³/mol. The van der Waals surface area contributed by atoms with E-state index in [0.717, 1.165) is 31.4 Å². The summed E-state index contributed by atoms with van der Waals surface area (Å²) in [6.07, 6.45) is 9.92. The van der Waals surface area contributed by atoms with Crippen LogP contribution in [0.15, 0.2) is 11.3 Å². The second-order valence-corrected chi connectivity index (χ2v) is 6.70. The van der Waals surface area contributed by atoms with Gasteiger partial charge in [-0.2, -0.15) is 5.10 Å². The third-order valence-corrected chi connectivity index (χ3v) is 5.16. The Morgan fingerprint density at radius 1 is 1.32 bits per heavy atom. The first-order valence-corrected chi connectivity index (χ1v) is 8.59. The molecule has 6 nitrogen and oxygen atoms in total. The van der Waals surface area contributed by atoms with Gasteiger partial charge >= 0.3 is 0 Å². The Hall–Kier alpha value is -1.59. The largest absolute Gasteiger partial charge is 0.357 e. The van der Waals surface area contributed by atoms with E-state index in [2.05, 4.69) is 27.2 Å². The molecule has 0 unspecified atom stereocenters. The molecule has 2 fully saturated rings. The summed E-state index contributed by atoms with van der Waals surface area (Å²) in [7, 11) is 1.91. The molecule has 1 spiro atoms. The molecular weight excluding hydrogens is 276 g/mol. The van der Waals surface area contributed by atoms with Crippen molar-refractivity contribution < 1.29 is 0 Å². The molecule has 2 heterocycles. The van der Waals surface area contributed by atoms with Gasteiger partial charge in [-0.25, -0.2) is 9.98 Å². The van der Waals surface area contributed by atoms with Gasteiger partial charge in [0.2, 0.25) is 0 Å². The zero-order chi connectivity index (χ0) is 15.4. The average molecular weight is 304 g/mol. The first-order valence-electron chi connectivity index (χ1n) is 8.59. The lowest BCUT2D eigenvalue weighted by atomic mass is 9.73. The van der Waals surface area contributed by atoms with Crippen molar-refractivity contribution in [1.82, 2.24) is 25.0 Å².